The first-order valence-electron chi connectivity index (χ1n) is 11.3. The lowest BCUT2D eigenvalue weighted by Gasteiger charge is -2.13. The van der Waals surface area contributed by atoms with Crippen molar-refractivity contribution < 1.29 is 33.0 Å². The predicted octanol–water partition coefficient (Wildman–Crippen LogP) is 6.99. The summed E-state index contributed by atoms with van der Waals surface area (Å²) in [6.45, 7) is 7.88. The van der Waals surface area contributed by atoms with Gasteiger partial charge in [-0.15, -0.1) is 0 Å². The summed E-state index contributed by atoms with van der Waals surface area (Å²) in [5.41, 5.74) is -0.704. The highest BCUT2D eigenvalue weighted by molar-refractivity contribution is 5.76. The fourth-order valence-electron chi connectivity index (χ4n) is 2.80. The molecule has 0 saturated heterocycles. The predicted molar refractivity (Wildman–Crippen MR) is 118 cm³/mol. The van der Waals surface area contributed by atoms with E-state index in [9.17, 15) is 18.4 Å². The van der Waals surface area contributed by atoms with Crippen molar-refractivity contribution >= 4 is 12.4 Å². The zero-order chi connectivity index (χ0) is 23.6. The molecule has 2 unspecified atom stereocenters. The summed E-state index contributed by atoms with van der Waals surface area (Å²) in [5.74, 6) is -2.53. The van der Waals surface area contributed by atoms with E-state index in [1.54, 1.807) is 6.92 Å². The molecular formula is C24H38F2O5. The first kappa shape index (κ1) is 29.0. The van der Waals surface area contributed by atoms with Gasteiger partial charge in [0.2, 0.25) is 0 Å². The van der Waals surface area contributed by atoms with Gasteiger partial charge in [0, 0.05) is 12.1 Å². The largest absolute Gasteiger partial charge is 0.514 e. The summed E-state index contributed by atoms with van der Waals surface area (Å²) in [4.78, 5) is 22.0. The van der Waals surface area contributed by atoms with Gasteiger partial charge in [-0.2, -0.15) is 0 Å². The topological polar surface area (TPSA) is 72.8 Å². The van der Waals surface area contributed by atoms with Gasteiger partial charge in [0.25, 0.3) is 0 Å². The Morgan fingerprint density at radius 3 is 1.94 bits per heavy atom. The van der Waals surface area contributed by atoms with Crippen molar-refractivity contribution in [1.29, 1.82) is 0 Å². The number of rotatable bonds is 13. The van der Waals surface area contributed by atoms with Crippen molar-refractivity contribution in [2.45, 2.75) is 104 Å². The smallest absolute Gasteiger partial charge is 0.431 e. The van der Waals surface area contributed by atoms with Gasteiger partial charge in [-0.25, -0.2) is 13.6 Å². The SMILES string of the molecule is CCCCCCC(C)O.CCCCCCC(C)OC(=O)Oc1cc(F)c(C=O)c(F)c1. The highest BCUT2D eigenvalue weighted by Gasteiger charge is 2.16. The first-order valence-corrected chi connectivity index (χ1v) is 11.3. The molecule has 1 aromatic carbocycles. The van der Waals surface area contributed by atoms with Gasteiger partial charge in [0.05, 0.1) is 11.7 Å². The van der Waals surface area contributed by atoms with Crippen LogP contribution in [-0.2, 0) is 4.74 Å². The molecule has 5 nitrogen and oxygen atoms in total. The Bertz CT molecular complexity index is 611. The van der Waals surface area contributed by atoms with Gasteiger partial charge < -0.3 is 14.6 Å². The number of halogens is 2. The molecule has 0 aliphatic heterocycles. The van der Waals surface area contributed by atoms with Crippen LogP contribution < -0.4 is 4.74 Å². The maximum Gasteiger partial charge on any atom is 0.514 e. The van der Waals surface area contributed by atoms with Crippen molar-refractivity contribution in [2.24, 2.45) is 0 Å². The third-order valence-corrected chi connectivity index (χ3v) is 4.61. The highest BCUT2D eigenvalue weighted by atomic mass is 19.1. The molecule has 1 aromatic rings. The second kappa shape index (κ2) is 17.6. The summed E-state index contributed by atoms with van der Waals surface area (Å²) in [5, 5.41) is 8.85. The number of aldehydes is 1. The first-order chi connectivity index (χ1) is 14.7. The number of carbonyl (C=O) groups is 2. The van der Waals surface area contributed by atoms with E-state index in [-0.39, 0.29) is 24.2 Å². The Morgan fingerprint density at radius 2 is 1.48 bits per heavy atom. The quantitative estimate of drug-likeness (QED) is 0.154. The van der Waals surface area contributed by atoms with Gasteiger partial charge in [-0.3, -0.25) is 4.79 Å². The minimum absolute atomic E-state index is 0.0607. The van der Waals surface area contributed by atoms with E-state index >= 15 is 0 Å². The van der Waals surface area contributed by atoms with E-state index in [0.717, 1.165) is 44.2 Å². The van der Waals surface area contributed by atoms with Crippen LogP contribution in [0.15, 0.2) is 12.1 Å². The Morgan fingerprint density at radius 1 is 0.968 bits per heavy atom. The lowest BCUT2D eigenvalue weighted by Crippen LogP contribution is -2.18. The summed E-state index contributed by atoms with van der Waals surface area (Å²) in [6.07, 6.45) is 9.55. The van der Waals surface area contributed by atoms with Crippen molar-refractivity contribution in [3.63, 3.8) is 0 Å². The number of aliphatic hydroxyl groups excluding tert-OH is 1. The fraction of sp³-hybridized carbons (Fsp3) is 0.667. The number of benzene rings is 1. The van der Waals surface area contributed by atoms with Crippen LogP contribution in [0.5, 0.6) is 5.75 Å². The Labute approximate surface area is 185 Å². The van der Waals surface area contributed by atoms with Crippen LogP contribution >= 0.6 is 0 Å². The standard InChI is InChI=1S/C16H20F2O4.C8H18O/c1-3-4-5-6-7-11(2)21-16(20)22-12-8-14(17)13(10-19)15(18)9-12;1-3-4-5-6-7-8(2)9/h8-11H,3-7H2,1-2H3;8-9H,3-7H2,1-2H3. The number of aliphatic hydroxyl groups is 1. The molecule has 1 N–H and O–H groups in total. The monoisotopic (exact) mass is 444 g/mol. The van der Waals surface area contributed by atoms with Crippen LogP contribution in [0.3, 0.4) is 0 Å². The molecule has 0 amide bonds. The zero-order valence-electron chi connectivity index (χ0n) is 19.3. The molecule has 0 aliphatic carbocycles. The number of hydrogen-bond acceptors (Lipinski definition) is 5. The molecule has 0 spiro atoms. The minimum Gasteiger partial charge on any atom is -0.431 e. The molecular weight excluding hydrogens is 406 g/mol. The third-order valence-electron chi connectivity index (χ3n) is 4.61. The van der Waals surface area contributed by atoms with Gasteiger partial charge in [-0.1, -0.05) is 58.8 Å². The number of carbonyl (C=O) groups excluding carboxylic acids is 2. The van der Waals surface area contributed by atoms with E-state index in [1.807, 2.05) is 6.92 Å². The number of ether oxygens (including phenoxy) is 2. The molecule has 0 bridgehead atoms. The van der Waals surface area contributed by atoms with E-state index in [4.69, 9.17) is 14.6 Å². The van der Waals surface area contributed by atoms with E-state index in [2.05, 4.69) is 13.8 Å². The molecule has 2 atom stereocenters. The number of unbranched alkanes of at least 4 members (excludes halogenated alkanes) is 6. The van der Waals surface area contributed by atoms with Gasteiger partial charge in [0.15, 0.2) is 6.29 Å². The van der Waals surface area contributed by atoms with Crippen molar-refractivity contribution in [3.8, 4) is 5.75 Å². The molecule has 0 radical (unpaired) electrons. The van der Waals surface area contributed by atoms with Gasteiger partial charge in [0.1, 0.15) is 23.5 Å². The molecule has 0 aliphatic rings. The van der Waals surface area contributed by atoms with Crippen molar-refractivity contribution in [2.75, 3.05) is 0 Å². The summed E-state index contributed by atoms with van der Waals surface area (Å²) < 4.78 is 36.4. The second-order valence-corrected chi connectivity index (χ2v) is 7.75. The molecule has 0 heterocycles. The Balaban J connectivity index is 0.000000842. The molecule has 0 aromatic heterocycles. The summed E-state index contributed by atoms with van der Waals surface area (Å²) in [7, 11) is 0. The lowest BCUT2D eigenvalue weighted by atomic mass is 10.1. The Hall–Kier alpha value is -2.02. The normalized spacial score (nSPS) is 12.4. The molecule has 178 valence electrons. The van der Waals surface area contributed by atoms with Crippen LogP contribution in [0.2, 0.25) is 0 Å². The molecule has 0 saturated carbocycles. The molecule has 1 rings (SSSR count). The molecule has 31 heavy (non-hydrogen) atoms. The maximum atomic E-state index is 13.4. The van der Waals surface area contributed by atoms with Gasteiger partial charge >= 0.3 is 6.16 Å². The number of hydrogen-bond donors (Lipinski definition) is 1. The zero-order valence-corrected chi connectivity index (χ0v) is 19.3. The van der Waals surface area contributed by atoms with Crippen LogP contribution in [0.1, 0.15) is 102 Å². The van der Waals surface area contributed by atoms with Crippen LogP contribution in [-0.4, -0.2) is 29.8 Å². The lowest BCUT2D eigenvalue weighted by molar-refractivity contribution is 0.0612. The van der Waals surface area contributed by atoms with E-state index in [1.165, 1.54) is 25.7 Å². The minimum atomic E-state index is -1.09. The van der Waals surface area contributed by atoms with Crippen LogP contribution in [0.4, 0.5) is 13.6 Å². The average molecular weight is 445 g/mol. The summed E-state index contributed by atoms with van der Waals surface area (Å²) in [6, 6.07) is 1.53. The fourth-order valence-corrected chi connectivity index (χ4v) is 2.80. The molecule has 0 fully saturated rings. The van der Waals surface area contributed by atoms with E-state index in [0.29, 0.717) is 6.42 Å². The average Bonchev–Trinajstić information content (AvgIpc) is 2.68. The van der Waals surface area contributed by atoms with Crippen LogP contribution in [0.25, 0.3) is 0 Å². The van der Waals surface area contributed by atoms with Crippen LogP contribution in [0, 0.1) is 11.6 Å². The Kier molecular flexibility index (Phi) is 16.5. The van der Waals surface area contributed by atoms with Gasteiger partial charge in [-0.05, 0) is 33.1 Å². The molecule has 7 heteroatoms. The maximum absolute atomic E-state index is 13.4. The highest BCUT2D eigenvalue weighted by Crippen LogP contribution is 2.20. The second-order valence-electron chi connectivity index (χ2n) is 7.75. The van der Waals surface area contributed by atoms with Crippen molar-refractivity contribution in [1.82, 2.24) is 0 Å². The summed E-state index contributed by atoms with van der Waals surface area (Å²) >= 11 is 0. The van der Waals surface area contributed by atoms with E-state index < -0.39 is 23.4 Å². The van der Waals surface area contributed by atoms with Crippen molar-refractivity contribution in [3.05, 3.63) is 29.3 Å². The third kappa shape index (κ3) is 14.6.